The van der Waals surface area contributed by atoms with Gasteiger partial charge >= 0.3 is 0 Å². The van der Waals surface area contributed by atoms with E-state index in [1.165, 1.54) is 17.1 Å². The molecule has 0 radical (unpaired) electrons. The van der Waals surface area contributed by atoms with Crippen LogP contribution in [0.4, 0.5) is 4.39 Å². The summed E-state index contributed by atoms with van der Waals surface area (Å²) in [5.41, 5.74) is 2.63. The van der Waals surface area contributed by atoms with Crippen LogP contribution in [0.2, 0.25) is 0 Å². The average molecular weight is 296 g/mol. The fraction of sp³-hybridized carbons (Fsp3) is 0.222. The number of carbonyl (C=O) groups excluding carboxylic acids is 1. The van der Waals surface area contributed by atoms with Gasteiger partial charge in [0.2, 0.25) is 5.91 Å². The summed E-state index contributed by atoms with van der Waals surface area (Å²) in [5, 5.41) is 5.99. The van der Waals surface area contributed by atoms with Gasteiger partial charge in [-0.2, -0.15) is 5.10 Å². The first-order valence-electron chi connectivity index (χ1n) is 7.39. The molecule has 1 heterocycles. The van der Waals surface area contributed by atoms with E-state index < -0.39 is 0 Å². The predicted octanol–water partition coefficient (Wildman–Crippen LogP) is 3.91. The molecule has 1 amide bonds. The van der Waals surface area contributed by atoms with E-state index in [9.17, 15) is 9.18 Å². The summed E-state index contributed by atoms with van der Waals surface area (Å²) in [6, 6.07) is 15.9. The number of hydrazone groups is 1. The number of amides is 1. The third-order valence-electron chi connectivity index (χ3n) is 3.81. The summed E-state index contributed by atoms with van der Waals surface area (Å²) in [5.74, 6) is -0.352. The van der Waals surface area contributed by atoms with Crippen molar-refractivity contribution >= 4 is 11.6 Å². The van der Waals surface area contributed by atoms with Crippen LogP contribution in [0.25, 0.3) is 0 Å². The first kappa shape index (κ1) is 14.4. The zero-order valence-corrected chi connectivity index (χ0v) is 12.4. The van der Waals surface area contributed by atoms with Crippen LogP contribution in [-0.2, 0) is 4.79 Å². The quantitative estimate of drug-likeness (QED) is 0.845. The molecule has 4 heteroatoms. The zero-order chi connectivity index (χ0) is 15.5. The molecule has 22 heavy (non-hydrogen) atoms. The minimum Gasteiger partial charge on any atom is -0.273 e. The van der Waals surface area contributed by atoms with Crippen LogP contribution >= 0.6 is 0 Å². The van der Waals surface area contributed by atoms with Gasteiger partial charge in [0, 0.05) is 12.8 Å². The molecule has 2 aromatic rings. The summed E-state index contributed by atoms with van der Waals surface area (Å²) >= 11 is 0. The molecule has 1 aliphatic heterocycles. The third-order valence-corrected chi connectivity index (χ3v) is 3.81. The third kappa shape index (κ3) is 2.77. The lowest BCUT2D eigenvalue weighted by Gasteiger charge is -2.21. The molecule has 2 aromatic carbocycles. The Morgan fingerprint density at radius 1 is 1.23 bits per heavy atom. The molecule has 0 N–H and O–H groups in total. The Bertz CT molecular complexity index is 712. The topological polar surface area (TPSA) is 32.7 Å². The molecule has 1 atom stereocenters. The van der Waals surface area contributed by atoms with Crippen LogP contribution < -0.4 is 0 Å². The molecule has 3 rings (SSSR count). The van der Waals surface area contributed by atoms with Gasteiger partial charge in [-0.3, -0.25) is 4.79 Å². The standard InChI is InChI=1S/C18H17FN2O/c1-2-18(22)21-17(14-9-6-10-15(19)11-14)12-16(20-21)13-7-4-3-5-8-13/h3-11,17H,2,12H2,1H3. The summed E-state index contributed by atoms with van der Waals surface area (Å²) in [6.07, 6.45) is 0.969. The Hall–Kier alpha value is -2.49. The Kier molecular flexibility index (Phi) is 4.00. The Balaban J connectivity index is 1.96. The van der Waals surface area contributed by atoms with Gasteiger partial charge in [-0.25, -0.2) is 9.40 Å². The van der Waals surface area contributed by atoms with E-state index in [0.717, 1.165) is 16.8 Å². The predicted molar refractivity (Wildman–Crippen MR) is 83.9 cm³/mol. The molecule has 0 bridgehead atoms. The van der Waals surface area contributed by atoms with E-state index in [4.69, 9.17) is 0 Å². The highest BCUT2D eigenvalue weighted by atomic mass is 19.1. The Labute approximate surface area is 129 Å². The van der Waals surface area contributed by atoms with E-state index in [2.05, 4.69) is 5.10 Å². The van der Waals surface area contributed by atoms with Crippen LogP contribution in [0.5, 0.6) is 0 Å². The lowest BCUT2D eigenvalue weighted by molar-refractivity contribution is -0.132. The van der Waals surface area contributed by atoms with Crippen molar-refractivity contribution in [1.82, 2.24) is 5.01 Å². The van der Waals surface area contributed by atoms with Gasteiger partial charge in [0.15, 0.2) is 0 Å². The SMILES string of the molecule is CCC(=O)N1N=C(c2ccccc2)CC1c1cccc(F)c1. The van der Waals surface area contributed by atoms with Crippen LogP contribution in [0.15, 0.2) is 59.7 Å². The van der Waals surface area contributed by atoms with Gasteiger partial charge in [0.25, 0.3) is 0 Å². The molecule has 0 fully saturated rings. The monoisotopic (exact) mass is 296 g/mol. The first-order chi connectivity index (χ1) is 10.7. The van der Waals surface area contributed by atoms with Gasteiger partial charge in [0.1, 0.15) is 5.82 Å². The van der Waals surface area contributed by atoms with Crippen molar-refractivity contribution in [2.45, 2.75) is 25.8 Å². The zero-order valence-electron chi connectivity index (χ0n) is 12.4. The normalized spacial score (nSPS) is 17.5. The van der Waals surface area contributed by atoms with Crippen molar-refractivity contribution in [2.24, 2.45) is 5.10 Å². The summed E-state index contributed by atoms with van der Waals surface area (Å²) in [6.45, 7) is 1.81. The number of hydrogen-bond donors (Lipinski definition) is 0. The Morgan fingerprint density at radius 3 is 2.68 bits per heavy atom. The molecular formula is C18H17FN2O. The lowest BCUT2D eigenvalue weighted by Crippen LogP contribution is -2.26. The highest BCUT2D eigenvalue weighted by Gasteiger charge is 2.32. The van der Waals surface area contributed by atoms with Gasteiger partial charge in [-0.05, 0) is 23.3 Å². The van der Waals surface area contributed by atoms with Crippen molar-refractivity contribution in [3.8, 4) is 0 Å². The van der Waals surface area contributed by atoms with E-state index in [-0.39, 0.29) is 17.8 Å². The number of benzene rings is 2. The number of hydrogen-bond acceptors (Lipinski definition) is 2. The molecule has 112 valence electrons. The second kappa shape index (κ2) is 6.10. The van der Waals surface area contributed by atoms with E-state index in [1.54, 1.807) is 13.0 Å². The molecule has 0 saturated carbocycles. The fourth-order valence-corrected chi connectivity index (χ4v) is 2.68. The smallest absolute Gasteiger partial charge is 0.242 e. The lowest BCUT2D eigenvalue weighted by atomic mass is 9.98. The van der Waals surface area contributed by atoms with Crippen LogP contribution in [0.3, 0.4) is 0 Å². The highest BCUT2D eigenvalue weighted by Crippen LogP contribution is 2.33. The van der Waals surface area contributed by atoms with Crippen molar-refractivity contribution < 1.29 is 9.18 Å². The largest absolute Gasteiger partial charge is 0.273 e. The first-order valence-corrected chi connectivity index (χ1v) is 7.39. The maximum atomic E-state index is 13.5. The molecule has 0 aromatic heterocycles. The second-order valence-corrected chi connectivity index (χ2v) is 5.28. The van der Waals surface area contributed by atoms with Crippen LogP contribution in [0, 0.1) is 5.82 Å². The summed E-state index contributed by atoms with van der Waals surface area (Å²) in [4.78, 5) is 12.2. The maximum absolute atomic E-state index is 13.5. The van der Waals surface area contributed by atoms with Crippen molar-refractivity contribution in [3.63, 3.8) is 0 Å². The number of halogens is 1. The average Bonchev–Trinajstić information content (AvgIpc) is 3.00. The van der Waals surface area contributed by atoms with Crippen molar-refractivity contribution in [2.75, 3.05) is 0 Å². The maximum Gasteiger partial charge on any atom is 0.242 e. The van der Waals surface area contributed by atoms with Gasteiger partial charge < -0.3 is 0 Å². The summed E-state index contributed by atoms with van der Waals surface area (Å²) in [7, 11) is 0. The second-order valence-electron chi connectivity index (χ2n) is 5.28. The van der Waals surface area contributed by atoms with E-state index >= 15 is 0 Å². The van der Waals surface area contributed by atoms with Crippen LogP contribution in [0.1, 0.15) is 36.9 Å². The molecule has 0 saturated heterocycles. The minimum atomic E-state index is -0.297. The van der Waals surface area contributed by atoms with Crippen molar-refractivity contribution in [1.29, 1.82) is 0 Å². The van der Waals surface area contributed by atoms with Crippen LogP contribution in [-0.4, -0.2) is 16.6 Å². The highest BCUT2D eigenvalue weighted by molar-refractivity contribution is 6.03. The molecular weight excluding hydrogens is 279 g/mol. The Morgan fingerprint density at radius 2 is 2.00 bits per heavy atom. The molecule has 1 aliphatic rings. The van der Waals surface area contributed by atoms with E-state index in [1.807, 2.05) is 36.4 Å². The van der Waals surface area contributed by atoms with Crippen molar-refractivity contribution in [3.05, 3.63) is 71.5 Å². The number of rotatable bonds is 3. The van der Waals surface area contributed by atoms with E-state index in [0.29, 0.717) is 12.8 Å². The molecule has 0 aliphatic carbocycles. The molecule has 0 spiro atoms. The number of nitrogens with zero attached hydrogens (tertiary/aromatic N) is 2. The molecule has 3 nitrogen and oxygen atoms in total. The van der Waals surface area contributed by atoms with Gasteiger partial charge in [0.05, 0.1) is 11.8 Å². The van der Waals surface area contributed by atoms with Gasteiger partial charge in [-0.1, -0.05) is 49.4 Å². The minimum absolute atomic E-state index is 0.0554. The summed E-state index contributed by atoms with van der Waals surface area (Å²) < 4.78 is 13.5. The number of carbonyl (C=O) groups is 1. The molecule has 1 unspecified atom stereocenters. The fourth-order valence-electron chi connectivity index (χ4n) is 2.68. The van der Waals surface area contributed by atoms with Gasteiger partial charge in [-0.15, -0.1) is 0 Å².